The van der Waals surface area contributed by atoms with Crippen molar-refractivity contribution in [2.75, 3.05) is 63.9 Å². The van der Waals surface area contributed by atoms with E-state index in [0.29, 0.717) is 62.0 Å². The first-order valence-electron chi connectivity index (χ1n) is 20.7. The van der Waals surface area contributed by atoms with E-state index in [9.17, 15) is 22.4 Å². The molecule has 17 heteroatoms. The molecule has 0 aliphatic carbocycles. The number of carbonyl (C=O) groups is 1. The first-order chi connectivity index (χ1) is 29.9. The van der Waals surface area contributed by atoms with Gasteiger partial charge in [0.15, 0.2) is 0 Å². The van der Waals surface area contributed by atoms with Crippen LogP contribution in [0.1, 0.15) is 50.8 Å². The van der Waals surface area contributed by atoms with Crippen LogP contribution in [0.15, 0.2) is 72.8 Å². The molecule has 0 spiro atoms. The Kier molecular flexibility index (Phi) is 13.4. The van der Waals surface area contributed by atoms with Crippen molar-refractivity contribution in [1.29, 1.82) is 0 Å². The molecule has 12 nitrogen and oxygen atoms in total. The molecule has 4 heterocycles. The Morgan fingerprint density at radius 2 is 1.46 bits per heavy atom. The smallest absolute Gasteiger partial charge is 0.418 e. The number of likely N-dealkylation sites (tertiary alicyclic amines) is 1. The molecule has 336 valence electrons. The highest BCUT2D eigenvalue weighted by atomic mass is 35.5. The van der Waals surface area contributed by atoms with Gasteiger partial charge in [-0.1, -0.05) is 35.9 Å². The average Bonchev–Trinajstić information content (AvgIpc) is 3.50. The fourth-order valence-electron chi connectivity index (χ4n) is 7.77. The van der Waals surface area contributed by atoms with Gasteiger partial charge in [0.1, 0.15) is 41.5 Å². The van der Waals surface area contributed by atoms with Crippen molar-refractivity contribution >= 4 is 40.2 Å². The molecule has 0 radical (unpaired) electrons. The van der Waals surface area contributed by atoms with Crippen molar-refractivity contribution in [2.24, 2.45) is 0 Å². The third-order valence-corrected chi connectivity index (χ3v) is 11.8. The molecular formula is C46H52ClF4N7O5. The second kappa shape index (κ2) is 18.6. The summed E-state index contributed by atoms with van der Waals surface area (Å²) in [6.45, 7) is 9.26. The summed E-state index contributed by atoms with van der Waals surface area (Å²) in [7, 11) is 4.98. The van der Waals surface area contributed by atoms with E-state index >= 15 is 0 Å². The van der Waals surface area contributed by atoms with Crippen molar-refractivity contribution in [3.8, 4) is 28.8 Å². The minimum absolute atomic E-state index is 0.00199. The summed E-state index contributed by atoms with van der Waals surface area (Å²) < 4.78 is 82.1. The van der Waals surface area contributed by atoms with Gasteiger partial charge in [0.25, 0.3) is 0 Å². The maximum absolute atomic E-state index is 15.0. The van der Waals surface area contributed by atoms with Gasteiger partial charge in [-0.05, 0) is 101 Å². The van der Waals surface area contributed by atoms with Crippen molar-refractivity contribution < 1.29 is 41.3 Å². The quantitative estimate of drug-likeness (QED) is 0.112. The van der Waals surface area contributed by atoms with Gasteiger partial charge in [0, 0.05) is 62.3 Å². The number of alkyl halides is 4. The number of hydrogen-bond donors (Lipinski definition) is 0. The molecule has 2 saturated heterocycles. The molecule has 3 atom stereocenters. The van der Waals surface area contributed by atoms with Crippen LogP contribution in [0.2, 0.25) is 5.02 Å². The number of pyridine rings is 1. The third kappa shape index (κ3) is 10.6. The lowest BCUT2D eigenvalue weighted by Crippen LogP contribution is -2.50. The fourth-order valence-corrected chi connectivity index (χ4v) is 8.03. The molecule has 0 unspecified atom stereocenters. The van der Waals surface area contributed by atoms with Crippen LogP contribution >= 0.6 is 11.6 Å². The topological polar surface area (TPSA) is 106 Å². The van der Waals surface area contributed by atoms with Gasteiger partial charge < -0.3 is 33.6 Å². The maximum Gasteiger partial charge on any atom is 0.418 e. The lowest BCUT2D eigenvalue weighted by molar-refractivity contribution is -0.137. The van der Waals surface area contributed by atoms with E-state index in [0.717, 1.165) is 17.2 Å². The second-order valence-electron chi connectivity index (χ2n) is 16.9. The second-order valence-corrected chi connectivity index (χ2v) is 17.3. The molecule has 0 bridgehead atoms. The molecule has 2 fully saturated rings. The Hall–Kier alpha value is -5.61. The van der Waals surface area contributed by atoms with E-state index < -0.39 is 29.6 Å². The Morgan fingerprint density at radius 3 is 1.98 bits per heavy atom. The van der Waals surface area contributed by atoms with Gasteiger partial charge in [-0.3, -0.25) is 4.90 Å². The molecule has 63 heavy (non-hydrogen) atoms. The van der Waals surface area contributed by atoms with Crippen molar-refractivity contribution in [3.63, 3.8) is 0 Å². The number of halogens is 5. The molecule has 0 saturated carbocycles. The molecule has 0 N–H and O–H groups in total. The minimum atomic E-state index is -4.80. The molecular weight excluding hydrogens is 842 g/mol. The molecule has 2 aliphatic heterocycles. The lowest BCUT2D eigenvalue weighted by Gasteiger charge is -2.36. The molecule has 3 aromatic carbocycles. The van der Waals surface area contributed by atoms with Gasteiger partial charge in [0.2, 0.25) is 0 Å². The van der Waals surface area contributed by atoms with E-state index in [-0.39, 0.29) is 58.7 Å². The van der Waals surface area contributed by atoms with Gasteiger partial charge >= 0.3 is 18.3 Å². The molecule has 1 amide bonds. The summed E-state index contributed by atoms with van der Waals surface area (Å²) in [5, 5.41) is 0.457. The van der Waals surface area contributed by atoms with E-state index in [4.69, 9.17) is 45.5 Å². The third-order valence-electron chi connectivity index (χ3n) is 11.4. The van der Waals surface area contributed by atoms with E-state index in [2.05, 4.69) is 0 Å². The predicted molar refractivity (Wildman–Crippen MR) is 235 cm³/mol. The van der Waals surface area contributed by atoms with E-state index in [1.807, 2.05) is 77.2 Å². The number of piperazine rings is 1. The van der Waals surface area contributed by atoms with Crippen LogP contribution in [0, 0.1) is 0 Å². The van der Waals surface area contributed by atoms with Crippen LogP contribution in [-0.2, 0) is 24.0 Å². The Balaban J connectivity index is 1.30. The summed E-state index contributed by atoms with van der Waals surface area (Å²) >= 11 is 7.02. The number of aromatic nitrogens is 3. The van der Waals surface area contributed by atoms with Crippen molar-refractivity contribution in [1.82, 2.24) is 24.8 Å². The predicted octanol–water partition coefficient (Wildman–Crippen LogP) is 9.45. The first-order valence-corrected chi connectivity index (χ1v) is 21.1. The standard InChI is InChI=1S/C46H52ClF4N7O5/c1-28-38(48)22-31(55(28)5)27-62-43-52-39-24-34(37(47)23-35(39)42(54-43)56-18-20-57(21-19-56)44(59)63-45(2,3)4)41-36(46(49,50)51)16-17-40(53-41)58(25-29-8-12-32(60-6)13-9-29)26-30-10-14-33(61-7)15-11-30/h8-17,23-24,28,31,38H,18-22,25-27H2,1-7H3/t28-,31-,38+/m0/s1. The Labute approximate surface area is 369 Å². The number of hydrogen-bond acceptors (Lipinski definition) is 11. The monoisotopic (exact) mass is 893 g/mol. The zero-order valence-electron chi connectivity index (χ0n) is 36.4. The van der Waals surface area contributed by atoms with Crippen LogP contribution in [0.4, 0.5) is 34.0 Å². The number of methoxy groups -OCH3 is 2. The lowest BCUT2D eigenvalue weighted by atomic mass is 10.0. The number of benzene rings is 3. The summed E-state index contributed by atoms with van der Waals surface area (Å²) in [5.74, 6) is 2.03. The largest absolute Gasteiger partial charge is 0.497 e. The normalized spacial score (nSPS) is 18.4. The fraction of sp³-hybridized carbons (Fsp3) is 0.435. The van der Waals surface area contributed by atoms with Gasteiger partial charge in [-0.15, -0.1) is 0 Å². The van der Waals surface area contributed by atoms with Gasteiger partial charge in [-0.25, -0.2) is 14.2 Å². The highest BCUT2D eigenvalue weighted by molar-refractivity contribution is 6.34. The Bertz CT molecular complexity index is 2340. The van der Waals surface area contributed by atoms with Crippen LogP contribution in [-0.4, -0.2) is 109 Å². The Morgan fingerprint density at radius 1 is 0.857 bits per heavy atom. The van der Waals surface area contributed by atoms with Gasteiger partial charge in [0.05, 0.1) is 36.0 Å². The number of fused-ring (bicyclic) bond motifs is 1. The van der Waals surface area contributed by atoms with Crippen molar-refractivity contribution in [2.45, 2.75) is 77.2 Å². The molecule has 2 aromatic heterocycles. The zero-order chi connectivity index (χ0) is 45.2. The summed E-state index contributed by atoms with van der Waals surface area (Å²) in [4.78, 5) is 34.5. The number of ether oxygens (including phenoxy) is 4. The number of carbonyl (C=O) groups excluding carboxylic acids is 1. The molecule has 5 aromatic rings. The number of amides is 1. The number of rotatable bonds is 12. The van der Waals surface area contributed by atoms with Crippen LogP contribution in [0.25, 0.3) is 22.2 Å². The highest BCUT2D eigenvalue weighted by Crippen LogP contribution is 2.42. The summed E-state index contributed by atoms with van der Waals surface area (Å²) in [6.07, 6.45) is -6.00. The van der Waals surface area contributed by atoms with Crippen molar-refractivity contribution in [3.05, 3.63) is 94.5 Å². The van der Waals surface area contributed by atoms with Gasteiger partial charge in [-0.2, -0.15) is 23.1 Å². The van der Waals surface area contributed by atoms with Crippen LogP contribution in [0.3, 0.4) is 0 Å². The van der Waals surface area contributed by atoms with E-state index in [1.165, 1.54) is 12.1 Å². The SMILES string of the molecule is COc1ccc(CN(Cc2ccc(OC)cc2)c2ccc(C(F)(F)F)c(-c3cc4nc(OC[C@@H]5C[C@@H](F)[C@H](C)N5C)nc(N5CCN(C(=O)OC(C)(C)C)CC5)c4cc3Cl)n2)cc1. The average molecular weight is 894 g/mol. The first kappa shape index (κ1) is 45.4. The zero-order valence-corrected chi connectivity index (χ0v) is 37.1. The summed E-state index contributed by atoms with van der Waals surface area (Å²) in [6, 6.07) is 19.7. The number of nitrogens with zero attached hydrogens (tertiary/aromatic N) is 7. The molecule has 2 aliphatic rings. The number of anilines is 2. The molecule has 7 rings (SSSR count). The summed E-state index contributed by atoms with van der Waals surface area (Å²) in [5.41, 5.74) is -0.0245. The maximum atomic E-state index is 15.0. The van der Waals surface area contributed by atoms with Crippen LogP contribution < -0.4 is 24.0 Å². The van der Waals surface area contributed by atoms with E-state index in [1.54, 1.807) is 46.0 Å². The van der Waals surface area contributed by atoms with Crippen LogP contribution in [0.5, 0.6) is 17.5 Å². The minimum Gasteiger partial charge on any atom is -0.497 e. The number of likely N-dealkylation sites (N-methyl/N-ethyl adjacent to an activating group) is 1. The highest BCUT2D eigenvalue weighted by Gasteiger charge is 2.38.